The number of hydrogen-bond donors (Lipinski definition) is 2. The smallest absolute Gasteiger partial charge is 0.289 e. The highest BCUT2D eigenvalue weighted by Gasteiger charge is 2.45. The number of halogens is 2. The second-order valence-corrected chi connectivity index (χ2v) is 9.40. The minimum absolute atomic E-state index is 0.119. The van der Waals surface area contributed by atoms with Crippen LogP contribution in [0.2, 0.25) is 0 Å². The van der Waals surface area contributed by atoms with Gasteiger partial charge in [0, 0.05) is 53.4 Å². The van der Waals surface area contributed by atoms with Crippen molar-refractivity contribution < 1.29 is 18.3 Å². The Bertz CT molecular complexity index is 1430. The molecule has 0 bridgehead atoms. The average molecular weight is 479 g/mol. The second-order valence-electron chi connectivity index (χ2n) is 9.40. The molecule has 4 heterocycles. The summed E-state index contributed by atoms with van der Waals surface area (Å²) in [5.74, 6) is -1.93. The fourth-order valence-electron chi connectivity index (χ4n) is 4.32. The fourth-order valence-corrected chi connectivity index (χ4v) is 4.32. The van der Waals surface area contributed by atoms with Gasteiger partial charge in [-0.25, -0.2) is 18.8 Å². The number of hydrogen-bond acceptors (Lipinski definition) is 6. The zero-order chi connectivity index (χ0) is 24.2. The molecule has 0 unspecified atom stereocenters. The van der Waals surface area contributed by atoms with Crippen LogP contribution in [0.3, 0.4) is 0 Å². The zero-order valence-electron chi connectivity index (χ0n) is 19.3. The molecule has 0 saturated heterocycles. The lowest BCUT2D eigenvalue weighted by molar-refractivity contribution is 0.205. The lowest BCUT2D eigenvalue weighted by Gasteiger charge is -2.22. The van der Waals surface area contributed by atoms with Gasteiger partial charge in [-0.15, -0.1) is 0 Å². The third-order valence-electron chi connectivity index (χ3n) is 6.46. The third-order valence-corrected chi connectivity index (χ3v) is 6.46. The Labute approximate surface area is 200 Å². The molecule has 1 fully saturated rings. The molecular formula is C25H24F2N6O2. The molecule has 3 aromatic heterocycles. The summed E-state index contributed by atoms with van der Waals surface area (Å²) in [5, 5.41) is 7.85. The number of aliphatic imine (C=N–C) groups is 1. The summed E-state index contributed by atoms with van der Waals surface area (Å²) in [6.07, 6.45) is 7.22. The maximum atomic E-state index is 15.0. The molecule has 6 rings (SSSR count). The minimum Gasteiger partial charge on any atom is -0.464 e. The van der Waals surface area contributed by atoms with Crippen LogP contribution in [0.1, 0.15) is 32.7 Å². The first-order valence-electron chi connectivity index (χ1n) is 11.5. The largest absolute Gasteiger partial charge is 0.464 e. The van der Waals surface area contributed by atoms with E-state index in [0.717, 1.165) is 36.2 Å². The highest BCUT2D eigenvalue weighted by Crippen LogP contribution is 2.47. The molecule has 1 saturated carbocycles. The average Bonchev–Trinajstić information content (AvgIpc) is 3.21. The van der Waals surface area contributed by atoms with Crippen LogP contribution in [0.15, 0.2) is 47.8 Å². The Balaban J connectivity index is 1.31. The van der Waals surface area contributed by atoms with Crippen molar-refractivity contribution in [2.75, 3.05) is 18.5 Å². The minimum atomic E-state index is -0.850. The topological polar surface area (TPSA) is 89.4 Å². The number of anilines is 1. The number of amidine groups is 1. The molecule has 1 aliphatic carbocycles. The van der Waals surface area contributed by atoms with Gasteiger partial charge in [-0.05, 0) is 38.8 Å². The van der Waals surface area contributed by atoms with Crippen molar-refractivity contribution in [2.24, 2.45) is 10.4 Å². The van der Waals surface area contributed by atoms with Crippen molar-refractivity contribution in [1.29, 1.82) is 0 Å². The quantitative estimate of drug-likeness (QED) is 0.387. The van der Waals surface area contributed by atoms with Crippen LogP contribution in [0, 0.1) is 17.0 Å². The van der Waals surface area contributed by atoms with E-state index in [2.05, 4.69) is 25.4 Å². The van der Waals surface area contributed by atoms with Gasteiger partial charge in [-0.3, -0.25) is 4.68 Å². The molecule has 0 amide bonds. The number of ether oxygens (including phenoxy) is 2. The molecule has 8 nitrogen and oxygen atoms in total. The normalized spacial score (nSPS) is 16.4. The first-order chi connectivity index (χ1) is 16.9. The molecular weight excluding hydrogens is 454 g/mol. The van der Waals surface area contributed by atoms with Gasteiger partial charge in [0.25, 0.3) is 6.02 Å². The van der Waals surface area contributed by atoms with Gasteiger partial charge < -0.3 is 19.8 Å². The maximum Gasteiger partial charge on any atom is 0.289 e. The summed E-state index contributed by atoms with van der Waals surface area (Å²) >= 11 is 0. The monoisotopic (exact) mass is 478 g/mol. The third kappa shape index (κ3) is 3.88. The van der Waals surface area contributed by atoms with E-state index in [-0.39, 0.29) is 28.9 Å². The molecule has 1 aliphatic heterocycles. The van der Waals surface area contributed by atoms with E-state index in [1.165, 1.54) is 6.20 Å². The van der Waals surface area contributed by atoms with E-state index < -0.39 is 17.4 Å². The van der Waals surface area contributed by atoms with Gasteiger partial charge in [-0.1, -0.05) is 0 Å². The van der Waals surface area contributed by atoms with Gasteiger partial charge in [0.2, 0.25) is 0 Å². The Hall–Kier alpha value is -3.95. The van der Waals surface area contributed by atoms with Crippen molar-refractivity contribution in [3.05, 3.63) is 54.5 Å². The Kier molecular flexibility index (Phi) is 4.98. The summed E-state index contributed by atoms with van der Waals surface area (Å²) in [7, 11) is 0. The van der Waals surface area contributed by atoms with Gasteiger partial charge in [0.05, 0.1) is 24.2 Å². The van der Waals surface area contributed by atoms with Gasteiger partial charge in [0.1, 0.15) is 11.4 Å². The number of fused-ring (bicyclic) bond motifs is 1. The summed E-state index contributed by atoms with van der Waals surface area (Å²) in [4.78, 5) is 11.8. The van der Waals surface area contributed by atoms with Gasteiger partial charge in [0.15, 0.2) is 17.4 Å². The lowest BCUT2D eigenvalue weighted by atomic mass is 10.1. The van der Waals surface area contributed by atoms with Crippen molar-refractivity contribution in [1.82, 2.24) is 19.7 Å². The molecule has 180 valence electrons. The lowest BCUT2D eigenvalue weighted by Crippen LogP contribution is -2.29. The molecule has 0 atom stereocenters. The Morgan fingerprint density at radius 1 is 1.17 bits per heavy atom. The Morgan fingerprint density at radius 2 is 1.97 bits per heavy atom. The highest BCUT2D eigenvalue weighted by atomic mass is 19.1. The number of aromatic amines is 1. The van der Waals surface area contributed by atoms with E-state index in [0.29, 0.717) is 24.2 Å². The molecule has 2 aliphatic rings. The summed E-state index contributed by atoms with van der Waals surface area (Å²) in [5.41, 5.74) is 2.51. The van der Waals surface area contributed by atoms with Crippen molar-refractivity contribution in [2.45, 2.75) is 32.7 Å². The van der Waals surface area contributed by atoms with E-state index in [4.69, 9.17) is 9.47 Å². The first kappa shape index (κ1) is 21.6. The van der Waals surface area contributed by atoms with Crippen molar-refractivity contribution >= 4 is 22.7 Å². The van der Waals surface area contributed by atoms with Crippen LogP contribution in [-0.2, 0) is 4.74 Å². The number of nitrogens with zero attached hydrogens (tertiary/aromatic N) is 4. The van der Waals surface area contributed by atoms with Gasteiger partial charge >= 0.3 is 0 Å². The number of rotatable bonds is 5. The number of pyridine rings is 1. The van der Waals surface area contributed by atoms with Crippen LogP contribution < -0.4 is 10.1 Å². The SMILES string of the molecule is CC(C)n1nccc1-c1c[nH]c2nccc(Oc3c(F)cc(NC4=NCC5(CC5)CO4)cc3F)c12. The molecule has 10 heteroatoms. The molecule has 0 radical (unpaired) electrons. The maximum absolute atomic E-state index is 15.0. The number of aromatic nitrogens is 4. The molecule has 1 spiro atoms. The predicted molar refractivity (Wildman–Crippen MR) is 128 cm³/mol. The Morgan fingerprint density at radius 3 is 2.66 bits per heavy atom. The molecule has 35 heavy (non-hydrogen) atoms. The number of H-pyrrole nitrogens is 1. The van der Waals surface area contributed by atoms with E-state index in [9.17, 15) is 0 Å². The molecule has 1 aromatic carbocycles. The van der Waals surface area contributed by atoms with Crippen LogP contribution in [0.25, 0.3) is 22.3 Å². The van der Waals surface area contributed by atoms with E-state index >= 15 is 8.78 Å². The zero-order valence-corrected chi connectivity index (χ0v) is 19.3. The molecule has 2 N–H and O–H groups in total. The van der Waals surface area contributed by atoms with Crippen LogP contribution >= 0.6 is 0 Å². The van der Waals surface area contributed by atoms with Crippen molar-refractivity contribution in [3.63, 3.8) is 0 Å². The van der Waals surface area contributed by atoms with Crippen LogP contribution in [0.4, 0.5) is 14.5 Å². The number of benzene rings is 1. The fraction of sp³-hybridized carbons (Fsp3) is 0.320. The summed E-state index contributed by atoms with van der Waals surface area (Å²) in [6, 6.07) is 6.17. The standard InChI is InChI=1S/C25H24F2N6O2/c1-14(2)33-19(3-8-31-33)16-11-29-23-21(16)20(4-7-28-23)35-22-17(26)9-15(10-18(22)27)32-24-30-12-25(5-6-25)13-34-24/h3-4,7-11,14H,5-6,12-13H2,1-2H3,(H,28,29)(H,30,32). The summed E-state index contributed by atoms with van der Waals surface area (Å²) < 4.78 is 43.4. The van der Waals surface area contributed by atoms with E-state index in [1.54, 1.807) is 18.5 Å². The first-order valence-corrected chi connectivity index (χ1v) is 11.5. The van der Waals surface area contributed by atoms with Crippen LogP contribution in [-0.4, -0.2) is 38.9 Å². The summed E-state index contributed by atoms with van der Waals surface area (Å²) in [6.45, 7) is 5.27. The van der Waals surface area contributed by atoms with Crippen LogP contribution in [0.5, 0.6) is 11.5 Å². The number of nitrogens with one attached hydrogen (secondary N) is 2. The van der Waals surface area contributed by atoms with Crippen molar-refractivity contribution in [3.8, 4) is 22.8 Å². The van der Waals surface area contributed by atoms with E-state index in [1.807, 2.05) is 24.6 Å². The molecule has 4 aromatic rings. The highest BCUT2D eigenvalue weighted by molar-refractivity contribution is 5.97. The van der Waals surface area contributed by atoms with Gasteiger partial charge in [-0.2, -0.15) is 5.10 Å². The second kappa shape index (κ2) is 8.07. The predicted octanol–water partition coefficient (Wildman–Crippen LogP) is 5.66.